The fraction of sp³-hybridized carbons (Fsp3) is 0.316. The first-order valence-electron chi connectivity index (χ1n) is 7.87. The van der Waals surface area contributed by atoms with Crippen molar-refractivity contribution in [2.45, 2.75) is 37.8 Å². The molecule has 3 nitrogen and oxygen atoms in total. The van der Waals surface area contributed by atoms with Crippen LogP contribution in [-0.4, -0.2) is 23.2 Å². The van der Waals surface area contributed by atoms with Gasteiger partial charge in [0.15, 0.2) is 0 Å². The number of aliphatic hydroxyl groups is 1. The van der Waals surface area contributed by atoms with Gasteiger partial charge in [-0.3, -0.25) is 4.79 Å². The molecule has 0 unspecified atom stereocenters. The second-order valence-electron chi connectivity index (χ2n) is 5.92. The van der Waals surface area contributed by atoms with Crippen molar-refractivity contribution in [3.63, 3.8) is 0 Å². The molecule has 0 atom stereocenters. The van der Waals surface area contributed by atoms with E-state index in [9.17, 15) is 9.90 Å². The van der Waals surface area contributed by atoms with Crippen LogP contribution in [0.5, 0.6) is 0 Å². The Hall–Kier alpha value is -2.13. The van der Waals surface area contributed by atoms with Crippen molar-refractivity contribution in [2.24, 2.45) is 0 Å². The molecule has 0 heterocycles. The van der Waals surface area contributed by atoms with Gasteiger partial charge in [0, 0.05) is 11.6 Å². The molecule has 22 heavy (non-hydrogen) atoms. The van der Waals surface area contributed by atoms with Crippen LogP contribution in [0.25, 0.3) is 11.1 Å². The lowest BCUT2D eigenvalue weighted by molar-refractivity contribution is 0.0867. The van der Waals surface area contributed by atoms with Gasteiger partial charge in [0.05, 0.1) is 6.10 Å². The average molecular weight is 295 g/mol. The second-order valence-corrected chi connectivity index (χ2v) is 5.92. The van der Waals surface area contributed by atoms with E-state index >= 15 is 0 Å². The zero-order valence-electron chi connectivity index (χ0n) is 12.5. The summed E-state index contributed by atoms with van der Waals surface area (Å²) in [5.74, 6) is -0.0269. The van der Waals surface area contributed by atoms with E-state index in [0.29, 0.717) is 5.56 Å². The zero-order chi connectivity index (χ0) is 15.4. The van der Waals surface area contributed by atoms with E-state index < -0.39 is 0 Å². The molecular formula is C19H21NO2. The average Bonchev–Trinajstić information content (AvgIpc) is 2.58. The molecule has 1 saturated carbocycles. The predicted molar refractivity (Wildman–Crippen MR) is 87.6 cm³/mol. The lowest BCUT2D eigenvalue weighted by Gasteiger charge is -2.26. The van der Waals surface area contributed by atoms with E-state index in [1.165, 1.54) is 0 Å². The molecule has 2 aromatic carbocycles. The highest BCUT2D eigenvalue weighted by Crippen LogP contribution is 2.21. The van der Waals surface area contributed by atoms with Crippen molar-refractivity contribution >= 4 is 5.91 Å². The lowest BCUT2D eigenvalue weighted by Crippen LogP contribution is -2.38. The summed E-state index contributed by atoms with van der Waals surface area (Å²) < 4.78 is 0. The highest BCUT2D eigenvalue weighted by molar-refractivity contribution is 5.94. The molecule has 1 fully saturated rings. The Morgan fingerprint density at radius 2 is 1.45 bits per heavy atom. The molecule has 1 aliphatic rings. The van der Waals surface area contributed by atoms with E-state index in [0.717, 1.165) is 36.8 Å². The molecule has 3 rings (SSSR count). The van der Waals surface area contributed by atoms with Crippen molar-refractivity contribution in [3.05, 3.63) is 60.2 Å². The number of amides is 1. The van der Waals surface area contributed by atoms with E-state index in [4.69, 9.17) is 0 Å². The summed E-state index contributed by atoms with van der Waals surface area (Å²) in [6, 6.07) is 18.0. The number of hydrogen-bond acceptors (Lipinski definition) is 2. The maximum atomic E-state index is 12.3. The van der Waals surface area contributed by atoms with Crippen LogP contribution in [0.2, 0.25) is 0 Å². The number of nitrogens with one attached hydrogen (secondary N) is 1. The number of benzene rings is 2. The Labute approximate surface area is 131 Å². The fourth-order valence-corrected chi connectivity index (χ4v) is 2.93. The van der Waals surface area contributed by atoms with Gasteiger partial charge in [0.1, 0.15) is 0 Å². The normalized spacial score (nSPS) is 21.3. The van der Waals surface area contributed by atoms with Crippen LogP contribution in [0.15, 0.2) is 54.6 Å². The standard InChI is InChI=1S/C19H21NO2/c21-18-12-10-17(11-13-18)20-19(22)16-8-6-15(7-9-16)14-4-2-1-3-5-14/h1-9,17-18,21H,10-13H2,(H,20,22). The molecular weight excluding hydrogens is 274 g/mol. The number of aliphatic hydroxyl groups excluding tert-OH is 1. The molecule has 0 aromatic heterocycles. The van der Waals surface area contributed by atoms with E-state index in [2.05, 4.69) is 17.4 Å². The third-order valence-corrected chi connectivity index (χ3v) is 4.29. The van der Waals surface area contributed by atoms with Gasteiger partial charge in [-0.25, -0.2) is 0 Å². The molecule has 1 aliphatic carbocycles. The van der Waals surface area contributed by atoms with Gasteiger partial charge in [-0.05, 0) is 48.9 Å². The van der Waals surface area contributed by atoms with Crippen LogP contribution in [0.3, 0.4) is 0 Å². The van der Waals surface area contributed by atoms with Crippen molar-refractivity contribution in [3.8, 4) is 11.1 Å². The summed E-state index contributed by atoms with van der Waals surface area (Å²) in [4.78, 5) is 12.3. The van der Waals surface area contributed by atoms with Crippen LogP contribution in [0.4, 0.5) is 0 Å². The van der Waals surface area contributed by atoms with Crippen molar-refractivity contribution in [2.75, 3.05) is 0 Å². The van der Waals surface area contributed by atoms with Gasteiger partial charge in [-0.15, -0.1) is 0 Å². The summed E-state index contributed by atoms with van der Waals surface area (Å²) in [5.41, 5.74) is 2.94. The molecule has 3 heteroatoms. The molecule has 114 valence electrons. The molecule has 0 radical (unpaired) electrons. The van der Waals surface area contributed by atoms with E-state index in [1.54, 1.807) is 0 Å². The van der Waals surface area contributed by atoms with E-state index in [-0.39, 0.29) is 18.1 Å². The number of rotatable bonds is 3. The molecule has 0 bridgehead atoms. The van der Waals surface area contributed by atoms with Gasteiger partial charge in [-0.2, -0.15) is 0 Å². The Balaban J connectivity index is 1.64. The third-order valence-electron chi connectivity index (χ3n) is 4.29. The largest absolute Gasteiger partial charge is 0.393 e. The van der Waals surface area contributed by atoms with Gasteiger partial charge in [0.25, 0.3) is 5.91 Å². The molecule has 2 N–H and O–H groups in total. The van der Waals surface area contributed by atoms with Crippen molar-refractivity contribution < 1.29 is 9.90 Å². The first-order valence-corrected chi connectivity index (χ1v) is 7.87. The maximum absolute atomic E-state index is 12.3. The summed E-state index contributed by atoms with van der Waals surface area (Å²) in [6.07, 6.45) is 3.07. The summed E-state index contributed by atoms with van der Waals surface area (Å²) in [5, 5.41) is 12.6. The second kappa shape index (κ2) is 6.75. The van der Waals surface area contributed by atoms with Gasteiger partial charge in [-0.1, -0.05) is 42.5 Å². The Morgan fingerprint density at radius 1 is 0.864 bits per heavy atom. The summed E-state index contributed by atoms with van der Waals surface area (Å²) in [7, 11) is 0. The predicted octanol–water partition coefficient (Wildman–Crippen LogP) is 3.39. The van der Waals surface area contributed by atoms with E-state index in [1.807, 2.05) is 42.5 Å². The van der Waals surface area contributed by atoms with Crippen molar-refractivity contribution in [1.29, 1.82) is 0 Å². The highest BCUT2D eigenvalue weighted by atomic mass is 16.3. The van der Waals surface area contributed by atoms with Crippen LogP contribution < -0.4 is 5.32 Å². The first-order chi connectivity index (χ1) is 10.7. The molecule has 0 spiro atoms. The van der Waals surface area contributed by atoms with Gasteiger partial charge >= 0.3 is 0 Å². The molecule has 0 saturated heterocycles. The fourth-order valence-electron chi connectivity index (χ4n) is 2.93. The van der Waals surface area contributed by atoms with Gasteiger partial charge < -0.3 is 10.4 Å². The SMILES string of the molecule is O=C(NC1CCC(O)CC1)c1ccc(-c2ccccc2)cc1. The summed E-state index contributed by atoms with van der Waals surface area (Å²) in [6.45, 7) is 0. The summed E-state index contributed by atoms with van der Waals surface area (Å²) >= 11 is 0. The highest BCUT2D eigenvalue weighted by Gasteiger charge is 2.21. The van der Waals surface area contributed by atoms with Crippen LogP contribution in [0, 0.1) is 0 Å². The number of hydrogen-bond donors (Lipinski definition) is 2. The quantitative estimate of drug-likeness (QED) is 0.912. The minimum atomic E-state index is -0.196. The zero-order valence-corrected chi connectivity index (χ0v) is 12.5. The van der Waals surface area contributed by atoms with Gasteiger partial charge in [0.2, 0.25) is 0 Å². The van der Waals surface area contributed by atoms with Crippen LogP contribution in [-0.2, 0) is 0 Å². The molecule has 0 aliphatic heterocycles. The minimum Gasteiger partial charge on any atom is -0.393 e. The topological polar surface area (TPSA) is 49.3 Å². The number of carbonyl (C=O) groups excluding carboxylic acids is 1. The molecule has 2 aromatic rings. The van der Waals surface area contributed by atoms with Crippen LogP contribution in [0.1, 0.15) is 36.0 Å². The Morgan fingerprint density at radius 3 is 2.09 bits per heavy atom. The molecule has 1 amide bonds. The lowest BCUT2D eigenvalue weighted by atomic mass is 9.93. The van der Waals surface area contributed by atoms with Crippen LogP contribution >= 0.6 is 0 Å². The van der Waals surface area contributed by atoms with Crippen molar-refractivity contribution in [1.82, 2.24) is 5.32 Å². The Kier molecular flexibility index (Phi) is 4.54. The smallest absolute Gasteiger partial charge is 0.251 e. The first kappa shape index (κ1) is 14.8. The maximum Gasteiger partial charge on any atom is 0.251 e. The Bertz CT molecular complexity index is 614. The monoisotopic (exact) mass is 295 g/mol. The number of carbonyl (C=O) groups is 1. The third kappa shape index (κ3) is 3.55. The minimum absolute atomic E-state index is 0.0269.